The summed E-state index contributed by atoms with van der Waals surface area (Å²) in [7, 11) is 0. The van der Waals surface area contributed by atoms with E-state index >= 15 is 0 Å². The van der Waals surface area contributed by atoms with Crippen molar-refractivity contribution in [2.45, 2.75) is 52.7 Å². The van der Waals surface area contributed by atoms with E-state index in [9.17, 15) is 0 Å². The summed E-state index contributed by atoms with van der Waals surface area (Å²) < 4.78 is 5.78. The third kappa shape index (κ3) is 3.58. The lowest BCUT2D eigenvalue weighted by Gasteiger charge is -2.26. The van der Waals surface area contributed by atoms with E-state index in [0.717, 1.165) is 19.6 Å². The van der Waals surface area contributed by atoms with Crippen LogP contribution in [0.2, 0.25) is 0 Å². The monoisotopic (exact) mass is 261 g/mol. The maximum Gasteiger partial charge on any atom is 0.0551 e. The number of nitrogens with one attached hydrogen (secondary N) is 1. The maximum absolute atomic E-state index is 5.78. The molecule has 0 saturated carbocycles. The number of hydrogen-bond donors (Lipinski definition) is 1. The van der Waals surface area contributed by atoms with Gasteiger partial charge in [-0.1, -0.05) is 30.7 Å². The molecular formula is C17H27NO. The summed E-state index contributed by atoms with van der Waals surface area (Å²) >= 11 is 0. The lowest BCUT2D eigenvalue weighted by molar-refractivity contribution is 0.117. The molecule has 1 aromatic carbocycles. The lowest BCUT2D eigenvalue weighted by atomic mass is 9.87. The molecule has 2 rings (SSSR count). The van der Waals surface area contributed by atoms with Crippen LogP contribution >= 0.6 is 0 Å². The molecule has 1 aromatic rings. The fourth-order valence-electron chi connectivity index (χ4n) is 3.01. The van der Waals surface area contributed by atoms with Gasteiger partial charge in [-0.15, -0.1) is 0 Å². The van der Waals surface area contributed by atoms with Gasteiger partial charge in [0, 0.05) is 12.0 Å². The smallest absolute Gasteiger partial charge is 0.0551 e. The van der Waals surface area contributed by atoms with Gasteiger partial charge in [-0.25, -0.2) is 0 Å². The molecule has 0 spiro atoms. The Bertz CT molecular complexity index is 416. The van der Waals surface area contributed by atoms with Crippen molar-refractivity contribution in [2.24, 2.45) is 5.92 Å². The van der Waals surface area contributed by atoms with Crippen molar-refractivity contribution in [3.63, 3.8) is 0 Å². The zero-order chi connectivity index (χ0) is 13.8. The van der Waals surface area contributed by atoms with E-state index in [-0.39, 0.29) is 0 Å². The molecule has 0 aliphatic carbocycles. The Morgan fingerprint density at radius 2 is 2.16 bits per heavy atom. The standard InChI is InChI=1S/C17H27NO/c1-5-8-18-17(15-10-14(4)19-11-15)16-9-12(2)6-7-13(16)3/h6-7,9,14-15,17-18H,5,8,10-11H2,1-4H3. The average Bonchev–Trinajstić information content (AvgIpc) is 2.80. The van der Waals surface area contributed by atoms with Crippen LogP contribution in [0.4, 0.5) is 0 Å². The Kier molecular flexibility index (Phi) is 5.00. The summed E-state index contributed by atoms with van der Waals surface area (Å²) in [6, 6.07) is 7.21. The van der Waals surface area contributed by atoms with Gasteiger partial charge in [0.1, 0.15) is 0 Å². The molecule has 1 aliphatic heterocycles. The largest absolute Gasteiger partial charge is 0.378 e. The van der Waals surface area contributed by atoms with Crippen molar-refractivity contribution in [1.82, 2.24) is 5.32 Å². The second-order valence-electron chi connectivity index (χ2n) is 5.93. The van der Waals surface area contributed by atoms with Crippen molar-refractivity contribution in [3.8, 4) is 0 Å². The van der Waals surface area contributed by atoms with Gasteiger partial charge in [-0.2, -0.15) is 0 Å². The van der Waals surface area contributed by atoms with E-state index in [1.54, 1.807) is 0 Å². The van der Waals surface area contributed by atoms with Crippen molar-refractivity contribution in [2.75, 3.05) is 13.2 Å². The van der Waals surface area contributed by atoms with Crippen LogP contribution in [-0.2, 0) is 4.74 Å². The molecule has 2 heteroatoms. The van der Waals surface area contributed by atoms with Gasteiger partial charge in [-0.3, -0.25) is 0 Å². The summed E-state index contributed by atoms with van der Waals surface area (Å²) in [4.78, 5) is 0. The molecule has 0 radical (unpaired) electrons. The van der Waals surface area contributed by atoms with Crippen LogP contribution in [0.1, 0.15) is 49.4 Å². The predicted molar refractivity (Wildman–Crippen MR) is 80.5 cm³/mol. The SMILES string of the molecule is CCCNC(c1cc(C)ccc1C)C1COC(C)C1. The zero-order valence-corrected chi connectivity index (χ0v) is 12.7. The average molecular weight is 261 g/mol. The van der Waals surface area contributed by atoms with Crippen LogP contribution in [0.15, 0.2) is 18.2 Å². The van der Waals surface area contributed by atoms with Crippen molar-refractivity contribution in [1.29, 1.82) is 0 Å². The van der Waals surface area contributed by atoms with Gasteiger partial charge in [0.25, 0.3) is 0 Å². The molecule has 1 saturated heterocycles. The number of rotatable bonds is 5. The molecule has 0 aromatic heterocycles. The quantitative estimate of drug-likeness (QED) is 0.871. The lowest BCUT2D eigenvalue weighted by Crippen LogP contribution is -2.30. The van der Waals surface area contributed by atoms with Gasteiger partial charge < -0.3 is 10.1 Å². The zero-order valence-electron chi connectivity index (χ0n) is 12.7. The fourth-order valence-corrected chi connectivity index (χ4v) is 3.01. The summed E-state index contributed by atoms with van der Waals surface area (Å²) in [5, 5.41) is 3.74. The number of aryl methyl sites for hydroxylation is 2. The molecule has 19 heavy (non-hydrogen) atoms. The highest BCUT2D eigenvalue weighted by molar-refractivity contribution is 5.33. The van der Waals surface area contributed by atoms with Crippen LogP contribution in [-0.4, -0.2) is 19.3 Å². The van der Waals surface area contributed by atoms with Gasteiger partial charge >= 0.3 is 0 Å². The molecule has 0 amide bonds. The number of benzene rings is 1. The Morgan fingerprint density at radius 1 is 1.37 bits per heavy atom. The highest BCUT2D eigenvalue weighted by Gasteiger charge is 2.30. The molecule has 0 bridgehead atoms. The minimum Gasteiger partial charge on any atom is -0.378 e. The molecule has 1 fully saturated rings. The molecule has 1 heterocycles. The van der Waals surface area contributed by atoms with E-state index < -0.39 is 0 Å². The highest BCUT2D eigenvalue weighted by Crippen LogP contribution is 2.33. The van der Waals surface area contributed by atoms with Crippen LogP contribution < -0.4 is 5.32 Å². The topological polar surface area (TPSA) is 21.3 Å². The number of ether oxygens (including phenoxy) is 1. The van der Waals surface area contributed by atoms with Gasteiger partial charge in [0.2, 0.25) is 0 Å². The van der Waals surface area contributed by atoms with Crippen molar-refractivity contribution < 1.29 is 4.74 Å². The highest BCUT2D eigenvalue weighted by atomic mass is 16.5. The molecule has 106 valence electrons. The van der Waals surface area contributed by atoms with Gasteiger partial charge in [-0.05, 0) is 51.3 Å². The summed E-state index contributed by atoms with van der Waals surface area (Å²) in [6.07, 6.45) is 2.74. The van der Waals surface area contributed by atoms with Crippen molar-refractivity contribution in [3.05, 3.63) is 34.9 Å². The molecule has 3 atom stereocenters. The minimum atomic E-state index is 0.404. The fraction of sp³-hybridized carbons (Fsp3) is 0.647. The third-order valence-electron chi connectivity index (χ3n) is 4.08. The Balaban J connectivity index is 2.23. The second-order valence-corrected chi connectivity index (χ2v) is 5.93. The van der Waals surface area contributed by atoms with E-state index in [1.807, 2.05) is 0 Å². The minimum absolute atomic E-state index is 0.404. The van der Waals surface area contributed by atoms with Gasteiger partial charge in [0.15, 0.2) is 0 Å². The summed E-state index contributed by atoms with van der Waals surface area (Å²) in [5.74, 6) is 0.599. The molecule has 2 nitrogen and oxygen atoms in total. The Labute approximate surface area is 117 Å². The Hall–Kier alpha value is -0.860. The molecule has 1 aliphatic rings. The third-order valence-corrected chi connectivity index (χ3v) is 4.08. The Morgan fingerprint density at radius 3 is 2.79 bits per heavy atom. The van der Waals surface area contributed by atoms with E-state index in [2.05, 4.69) is 51.2 Å². The van der Waals surface area contributed by atoms with E-state index in [1.165, 1.54) is 23.1 Å². The predicted octanol–water partition coefficient (Wildman–Crippen LogP) is 3.77. The number of hydrogen-bond acceptors (Lipinski definition) is 2. The van der Waals surface area contributed by atoms with Crippen molar-refractivity contribution >= 4 is 0 Å². The molecular weight excluding hydrogens is 234 g/mol. The maximum atomic E-state index is 5.78. The first kappa shape index (κ1) is 14.5. The van der Waals surface area contributed by atoms with Crippen LogP contribution in [0.5, 0.6) is 0 Å². The van der Waals surface area contributed by atoms with Crippen LogP contribution in [0.25, 0.3) is 0 Å². The summed E-state index contributed by atoms with van der Waals surface area (Å²) in [5.41, 5.74) is 4.19. The first-order chi connectivity index (χ1) is 9.11. The second kappa shape index (κ2) is 6.53. The first-order valence-electron chi connectivity index (χ1n) is 7.54. The van der Waals surface area contributed by atoms with Gasteiger partial charge in [0.05, 0.1) is 12.7 Å². The van der Waals surface area contributed by atoms with Crippen LogP contribution in [0, 0.1) is 19.8 Å². The summed E-state index contributed by atoms with van der Waals surface area (Å²) in [6.45, 7) is 10.8. The van der Waals surface area contributed by atoms with Crippen LogP contribution in [0.3, 0.4) is 0 Å². The molecule has 3 unspecified atom stereocenters. The van der Waals surface area contributed by atoms with E-state index in [0.29, 0.717) is 18.1 Å². The molecule has 1 N–H and O–H groups in total. The van der Waals surface area contributed by atoms with E-state index in [4.69, 9.17) is 4.74 Å². The first-order valence-corrected chi connectivity index (χ1v) is 7.54. The normalized spacial score (nSPS) is 24.6.